The summed E-state index contributed by atoms with van der Waals surface area (Å²) in [6.07, 6.45) is -18.2. The topological polar surface area (TPSA) is 293 Å². The van der Waals surface area contributed by atoms with Gasteiger partial charge in [-0.3, -0.25) is 4.79 Å². The van der Waals surface area contributed by atoms with Gasteiger partial charge in [0.2, 0.25) is 0 Å². The Morgan fingerprint density at radius 3 is 1.41 bits per heavy atom. The van der Waals surface area contributed by atoms with Gasteiger partial charge in [0.15, 0.2) is 25.2 Å². The van der Waals surface area contributed by atoms with Crippen LogP contribution in [0, 0.1) is 0 Å². The molecule has 10 N–H and O–H groups in total. The lowest BCUT2D eigenvalue weighted by Gasteiger charge is -2.49. The van der Waals surface area contributed by atoms with Crippen molar-refractivity contribution < 1.29 is 93.8 Å². The summed E-state index contributed by atoms with van der Waals surface area (Å²) in [7, 11) is 0. The number of aliphatic hydroxyl groups is 9. The van der Waals surface area contributed by atoms with Gasteiger partial charge in [0, 0.05) is 6.42 Å². The smallest absolute Gasteiger partial charge is 0.303 e. The van der Waals surface area contributed by atoms with Crippen molar-refractivity contribution in [1.82, 2.24) is 0 Å². The van der Waals surface area contributed by atoms with Crippen molar-refractivity contribution >= 4 is 5.97 Å². The number of unbranched alkanes of at least 4 members (excludes halogenated alkanes) is 8. The van der Waals surface area contributed by atoms with Gasteiger partial charge >= 0.3 is 5.97 Å². The van der Waals surface area contributed by atoms with Crippen LogP contribution in [0.5, 0.6) is 0 Å². The highest BCUT2D eigenvalue weighted by Gasteiger charge is 2.54. The van der Waals surface area contributed by atoms with E-state index in [1.807, 2.05) is 0 Å². The van der Waals surface area contributed by atoms with Gasteiger partial charge in [-0.1, -0.05) is 64.7 Å². The van der Waals surface area contributed by atoms with Crippen LogP contribution in [0.3, 0.4) is 0 Å². The number of carbonyl (C=O) groups is 1. The molecule has 0 amide bonds. The van der Waals surface area contributed by atoms with Crippen LogP contribution in [0.15, 0.2) is 0 Å². The van der Waals surface area contributed by atoms with Gasteiger partial charge in [-0.25, -0.2) is 0 Å². The molecule has 4 heterocycles. The number of rotatable bonds is 22. The second-order valence-corrected chi connectivity index (χ2v) is 16.7. The Morgan fingerprint density at radius 2 is 0.847 bits per heavy atom. The third-order valence-corrected chi connectivity index (χ3v) is 11.9. The summed E-state index contributed by atoms with van der Waals surface area (Å²) in [5.41, 5.74) is 0. The van der Waals surface area contributed by atoms with Crippen molar-refractivity contribution in [1.29, 1.82) is 0 Å². The molecule has 4 fully saturated rings. The predicted octanol–water partition coefficient (Wildman–Crippen LogP) is -0.0697. The molecule has 21 atom stereocenters. The van der Waals surface area contributed by atoms with E-state index >= 15 is 0 Å². The van der Waals surface area contributed by atoms with E-state index in [2.05, 4.69) is 6.92 Å². The van der Waals surface area contributed by atoms with E-state index in [-0.39, 0.29) is 12.5 Å². The SMILES string of the molecule is CCCCCC(CCCCCCCCCC(=O)O)OC1OC(C)C(O)C(O)C1OC1OC(C)C(O)C(O)C1OC1OC(C)C(OC2OC(C)C(O)C(O)C2O)C(O)C1O. The lowest BCUT2D eigenvalue weighted by Crippen LogP contribution is -2.66. The molecule has 4 saturated heterocycles. The maximum Gasteiger partial charge on any atom is 0.303 e. The minimum atomic E-state index is -1.85. The van der Waals surface area contributed by atoms with Gasteiger partial charge in [0.05, 0.1) is 30.5 Å². The van der Waals surface area contributed by atoms with Gasteiger partial charge in [-0.2, -0.15) is 0 Å². The molecule has 0 spiro atoms. The van der Waals surface area contributed by atoms with E-state index in [1.54, 1.807) is 6.92 Å². The fourth-order valence-electron chi connectivity index (χ4n) is 8.03. The minimum Gasteiger partial charge on any atom is -0.481 e. The molecule has 19 nitrogen and oxygen atoms in total. The summed E-state index contributed by atoms with van der Waals surface area (Å²) < 4.78 is 47.9. The number of hydrogen-bond donors (Lipinski definition) is 10. The lowest BCUT2D eigenvalue weighted by molar-refractivity contribution is -0.397. The van der Waals surface area contributed by atoms with Crippen molar-refractivity contribution in [2.24, 2.45) is 0 Å². The number of aliphatic carboxylic acids is 1. The quantitative estimate of drug-likeness (QED) is 0.0638. The van der Waals surface area contributed by atoms with Gasteiger partial charge in [-0.15, -0.1) is 0 Å². The molecule has 19 heteroatoms. The molecule has 0 saturated carbocycles. The van der Waals surface area contributed by atoms with Crippen molar-refractivity contribution in [3.05, 3.63) is 0 Å². The molecule has 4 aliphatic heterocycles. The van der Waals surface area contributed by atoms with Crippen LogP contribution in [0.2, 0.25) is 0 Å². The number of carboxylic acid groups (broad SMARTS) is 1. The molecule has 0 radical (unpaired) electrons. The van der Waals surface area contributed by atoms with Crippen LogP contribution in [-0.2, 0) is 42.7 Å². The Kier molecular flexibility index (Phi) is 20.5. The first-order valence-corrected chi connectivity index (χ1v) is 21.5. The summed E-state index contributed by atoms with van der Waals surface area (Å²) in [4.78, 5) is 10.8. The number of carboxylic acids is 1. The Balaban J connectivity index is 1.44. The van der Waals surface area contributed by atoms with Gasteiger partial charge in [-0.05, 0) is 47.0 Å². The van der Waals surface area contributed by atoms with E-state index in [1.165, 1.54) is 20.8 Å². The van der Waals surface area contributed by atoms with Crippen LogP contribution < -0.4 is 0 Å². The number of aliphatic hydroxyl groups excluding tert-OH is 9. The highest BCUT2D eigenvalue weighted by atomic mass is 16.8. The van der Waals surface area contributed by atoms with Crippen molar-refractivity contribution in [3.8, 4) is 0 Å². The monoisotopic (exact) mass is 856 g/mol. The minimum absolute atomic E-state index is 0.180. The zero-order chi connectivity index (χ0) is 43.6. The molecule has 0 aromatic rings. The van der Waals surface area contributed by atoms with Gasteiger partial charge < -0.3 is 89.0 Å². The fraction of sp³-hybridized carbons (Fsp3) is 0.975. The summed E-state index contributed by atoms with van der Waals surface area (Å²) in [6, 6.07) is 0. The second-order valence-electron chi connectivity index (χ2n) is 16.7. The predicted molar refractivity (Wildman–Crippen MR) is 204 cm³/mol. The van der Waals surface area contributed by atoms with Crippen LogP contribution in [0.25, 0.3) is 0 Å². The van der Waals surface area contributed by atoms with Crippen LogP contribution in [0.4, 0.5) is 0 Å². The molecular formula is C40H72O19. The normalized spacial score (nSPS) is 43.7. The zero-order valence-electron chi connectivity index (χ0n) is 35.0. The van der Waals surface area contributed by atoms with E-state index in [4.69, 9.17) is 43.0 Å². The third-order valence-electron chi connectivity index (χ3n) is 11.9. The molecule has 4 rings (SSSR count). The van der Waals surface area contributed by atoms with E-state index in [0.29, 0.717) is 19.3 Å². The largest absolute Gasteiger partial charge is 0.481 e. The first-order valence-electron chi connectivity index (χ1n) is 21.5. The average Bonchev–Trinajstić information content (AvgIpc) is 3.19. The molecule has 59 heavy (non-hydrogen) atoms. The molecular weight excluding hydrogens is 784 g/mol. The van der Waals surface area contributed by atoms with Gasteiger partial charge in [0.25, 0.3) is 0 Å². The molecule has 346 valence electrons. The summed E-state index contributed by atoms with van der Waals surface area (Å²) in [5.74, 6) is -0.781. The van der Waals surface area contributed by atoms with Crippen molar-refractivity contribution in [2.45, 2.75) is 247 Å². The average molecular weight is 857 g/mol. The number of hydrogen-bond acceptors (Lipinski definition) is 18. The first-order chi connectivity index (χ1) is 28.0. The van der Waals surface area contributed by atoms with Gasteiger partial charge in [0.1, 0.15) is 73.2 Å². The molecule has 0 aliphatic carbocycles. The van der Waals surface area contributed by atoms with Crippen LogP contribution >= 0.6 is 0 Å². The highest BCUT2D eigenvalue weighted by Crippen LogP contribution is 2.35. The standard InChI is InChI=1S/C40H72O19/c1-6-7-13-16-23(17-14-11-9-8-10-12-15-18-24(41)42)56-39-35(29(47)26(44)20(3)53-39)59-40-36(30(48)27(45)21(4)54-40)58-38-33(51)31(49)34(22(5)55-38)57-37-32(50)28(46)25(43)19(2)52-37/h19-23,25-40,43-51H,6-18H2,1-5H3,(H,41,42). The van der Waals surface area contributed by atoms with Crippen LogP contribution in [-0.4, -0.2) is 186 Å². The first kappa shape index (κ1) is 50.4. The third kappa shape index (κ3) is 13.6. The molecule has 0 aromatic heterocycles. The molecule has 21 unspecified atom stereocenters. The van der Waals surface area contributed by atoms with Crippen molar-refractivity contribution in [3.63, 3.8) is 0 Å². The summed E-state index contributed by atoms with van der Waals surface area (Å²) >= 11 is 0. The maximum atomic E-state index is 11.4. The van der Waals surface area contributed by atoms with E-state index in [9.17, 15) is 50.8 Å². The fourth-order valence-corrected chi connectivity index (χ4v) is 8.03. The van der Waals surface area contributed by atoms with E-state index in [0.717, 1.165) is 57.8 Å². The Bertz CT molecular complexity index is 1220. The number of ether oxygens (including phenoxy) is 8. The Morgan fingerprint density at radius 1 is 0.458 bits per heavy atom. The Labute approximate surface area is 346 Å². The highest BCUT2D eigenvalue weighted by molar-refractivity contribution is 5.66. The zero-order valence-corrected chi connectivity index (χ0v) is 35.0. The maximum absolute atomic E-state index is 11.4. The Hall–Kier alpha value is -1.21. The lowest BCUT2D eigenvalue weighted by atomic mass is 9.96. The van der Waals surface area contributed by atoms with Crippen LogP contribution in [0.1, 0.15) is 118 Å². The molecule has 4 aliphatic rings. The summed E-state index contributed by atoms with van der Waals surface area (Å²) in [5, 5.41) is 106. The van der Waals surface area contributed by atoms with E-state index < -0.39 is 129 Å². The molecule has 0 aromatic carbocycles. The van der Waals surface area contributed by atoms with Crippen molar-refractivity contribution in [2.75, 3.05) is 0 Å². The second kappa shape index (κ2) is 24.0. The summed E-state index contributed by atoms with van der Waals surface area (Å²) in [6.45, 7) is 8.10. The molecule has 0 bridgehead atoms.